The maximum atomic E-state index is 13.8. The number of hydrogen-bond acceptors (Lipinski definition) is 3. The maximum Gasteiger partial charge on any atom is 0.416 e. The SMILES string of the molecule is O=C(Nc1cccc(C(F)(F)F)c1)Nc1n[nH]c2ccc(OCc3c(F)cccc3F)cc12. The minimum absolute atomic E-state index is 0.0573. The van der Waals surface area contributed by atoms with Gasteiger partial charge in [0.05, 0.1) is 16.6 Å². The lowest BCUT2D eigenvalue weighted by atomic mass is 10.2. The number of carbonyl (C=O) groups excluding carboxylic acids is 1. The topological polar surface area (TPSA) is 79.0 Å². The standard InChI is InChI=1S/C22H15F5N4O2/c23-17-5-2-6-18(24)16(17)11-33-14-7-8-19-15(10-14)20(31-30-19)29-21(32)28-13-4-1-3-12(9-13)22(25,26)27/h1-10H,11H2,(H3,28,29,30,31,32). The van der Waals surface area contributed by atoms with Crippen LogP contribution in [0.5, 0.6) is 5.75 Å². The Balaban J connectivity index is 1.48. The van der Waals surface area contributed by atoms with Crippen LogP contribution >= 0.6 is 0 Å². The number of alkyl halides is 3. The molecule has 1 aromatic heterocycles. The van der Waals surface area contributed by atoms with E-state index in [4.69, 9.17) is 4.74 Å². The first-order valence-electron chi connectivity index (χ1n) is 9.50. The molecule has 2 amide bonds. The van der Waals surface area contributed by atoms with Crippen molar-refractivity contribution in [1.29, 1.82) is 0 Å². The van der Waals surface area contributed by atoms with Crippen molar-refractivity contribution >= 4 is 28.4 Å². The van der Waals surface area contributed by atoms with E-state index in [0.29, 0.717) is 10.9 Å². The number of H-pyrrole nitrogens is 1. The van der Waals surface area contributed by atoms with Gasteiger partial charge in [0.15, 0.2) is 5.82 Å². The summed E-state index contributed by atoms with van der Waals surface area (Å²) >= 11 is 0. The number of amides is 2. The largest absolute Gasteiger partial charge is 0.489 e. The molecule has 0 bridgehead atoms. The molecule has 0 atom stereocenters. The van der Waals surface area contributed by atoms with E-state index < -0.39 is 29.4 Å². The molecule has 3 aromatic carbocycles. The van der Waals surface area contributed by atoms with Gasteiger partial charge in [0, 0.05) is 11.1 Å². The number of fused-ring (bicyclic) bond motifs is 1. The average molecular weight is 462 g/mol. The summed E-state index contributed by atoms with van der Waals surface area (Å²) in [6.07, 6.45) is -4.55. The Morgan fingerprint density at radius 1 is 0.970 bits per heavy atom. The van der Waals surface area contributed by atoms with Crippen molar-refractivity contribution in [2.75, 3.05) is 10.6 Å². The van der Waals surface area contributed by atoms with Gasteiger partial charge < -0.3 is 10.1 Å². The molecule has 0 aliphatic carbocycles. The van der Waals surface area contributed by atoms with Crippen molar-refractivity contribution in [2.24, 2.45) is 0 Å². The Kier molecular flexibility index (Phi) is 5.86. The number of aromatic nitrogens is 2. The lowest BCUT2D eigenvalue weighted by Gasteiger charge is -2.10. The van der Waals surface area contributed by atoms with E-state index >= 15 is 0 Å². The van der Waals surface area contributed by atoms with Crippen LogP contribution < -0.4 is 15.4 Å². The molecule has 1 heterocycles. The van der Waals surface area contributed by atoms with Crippen molar-refractivity contribution < 1.29 is 31.5 Å². The predicted molar refractivity (Wildman–Crippen MR) is 111 cm³/mol. The number of halogens is 5. The number of carbonyl (C=O) groups is 1. The molecule has 0 saturated heterocycles. The monoisotopic (exact) mass is 462 g/mol. The Morgan fingerprint density at radius 2 is 1.70 bits per heavy atom. The number of benzene rings is 3. The summed E-state index contributed by atoms with van der Waals surface area (Å²) in [4.78, 5) is 12.3. The molecule has 0 unspecified atom stereocenters. The maximum absolute atomic E-state index is 13.8. The van der Waals surface area contributed by atoms with Crippen LogP contribution in [-0.2, 0) is 12.8 Å². The fourth-order valence-electron chi connectivity index (χ4n) is 3.05. The Labute approximate surface area is 183 Å². The highest BCUT2D eigenvalue weighted by atomic mass is 19.4. The molecule has 170 valence electrons. The number of rotatable bonds is 5. The van der Waals surface area contributed by atoms with E-state index in [1.54, 1.807) is 12.1 Å². The zero-order valence-corrected chi connectivity index (χ0v) is 16.6. The quantitative estimate of drug-likeness (QED) is 0.315. The van der Waals surface area contributed by atoms with Gasteiger partial charge in [0.1, 0.15) is 24.0 Å². The minimum atomic E-state index is -4.55. The third kappa shape index (κ3) is 5.03. The first-order chi connectivity index (χ1) is 15.7. The fraction of sp³-hybridized carbons (Fsp3) is 0.0909. The summed E-state index contributed by atoms with van der Waals surface area (Å²) in [5, 5.41) is 11.8. The molecule has 0 spiro atoms. The second-order valence-electron chi connectivity index (χ2n) is 6.93. The zero-order valence-electron chi connectivity index (χ0n) is 16.6. The second-order valence-corrected chi connectivity index (χ2v) is 6.93. The van der Waals surface area contributed by atoms with Gasteiger partial charge >= 0.3 is 12.2 Å². The molecular formula is C22H15F5N4O2. The first-order valence-corrected chi connectivity index (χ1v) is 9.50. The van der Waals surface area contributed by atoms with E-state index in [9.17, 15) is 26.7 Å². The summed E-state index contributed by atoms with van der Waals surface area (Å²) < 4.78 is 71.6. The van der Waals surface area contributed by atoms with Crippen LogP contribution in [0.3, 0.4) is 0 Å². The first kappa shape index (κ1) is 22.1. The molecular weight excluding hydrogens is 447 g/mol. The van der Waals surface area contributed by atoms with E-state index in [2.05, 4.69) is 20.8 Å². The Hall–Kier alpha value is -4.15. The third-order valence-electron chi connectivity index (χ3n) is 4.66. The van der Waals surface area contributed by atoms with Gasteiger partial charge in [0.25, 0.3) is 0 Å². The number of nitrogens with one attached hydrogen (secondary N) is 3. The minimum Gasteiger partial charge on any atom is -0.489 e. The van der Waals surface area contributed by atoms with Crippen molar-refractivity contribution in [2.45, 2.75) is 12.8 Å². The predicted octanol–water partition coefficient (Wildman–Crippen LogP) is 6.08. The van der Waals surface area contributed by atoms with Crippen molar-refractivity contribution in [3.8, 4) is 5.75 Å². The highest BCUT2D eigenvalue weighted by Crippen LogP contribution is 2.31. The molecule has 0 aliphatic heterocycles. The fourth-order valence-corrected chi connectivity index (χ4v) is 3.05. The summed E-state index contributed by atoms with van der Waals surface area (Å²) in [5.41, 5.74) is -0.672. The summed E-state index contributed by atoms with van der Waals surface area (Å²) in [5.74, 6) is -1.15. The number of nitrogens with zero attached hydrogens (tertiary/aromatic N) is 1. The van der Waals surface area contributed by atoms with Crippen LogP contribution in [-0.4, -0.2) is 16.2 Å². The lowest BCUT2D eigenvalue weighted by molar-refractivity contribution is -0.137. The van der Waals surface area contributed by atoms with Crippen molar-refractivity contribution in [1.82, 2.24) is 10.2 Å². The number of hydrogen-bond donors (Lipinski definition) is 3. The Morgan fingerprint density at radius 3 is 2.42 bits per heavy atom. The van der Waals surface area contributed by atoms with Crippen LogP contribution in [0.1, 0.15) is 11.1 Å². The number of ether oxygens (including phenoxy) is 1. The summed E-state index contributed by atoms with van der Waals surface area (Å²) in [6.45, 7) is -0.360. The van der Waals surface area contributed by atoms with Crippen LogP contribution in [0.4, 0.5) is 38.3 Å². The van der Waals surface area contributed by atoms with Crippen molar-refractivity contribution in [3.05, 3.63) is 83.4 Å². The van der Waals surface area contributed by atoms with Crippen LogP contribution in [0.25, 0.3) is 10.9 Å². The van der Waals surface area contributed by atoms with Gasteiger partial charge in [-0.05, 0) is 48.5 Å². The molecule has 4 rings (SSSR count). The summed E-state index contributed by atoms with van der Waals surface area (Å²) in [7, 11) is 0. The smallest absolute Gasteiger partial charge is 0.416 e. The van der Waals surface area contributed by atoms with Gasteiger partial charge in [-0.1, -0.05) is 12.1 Å². The number of anilines is 2. The van der Waals surface area contributed by atoms with Gasteiger partial charge in [-0.3, -0.25) is 10.4 Å². The van der Waals surface area contributed by atoms with Crippen molar-refractivity contribution in [3.63, 3.8) is 0 Å². The molecule has 0 aliphatic rings. The van der Waals surface area contributed by atoms with Gasteiger partial charge in [-0.25, -0.2) is 13.6 Å². The molecule has 33 heavy (non-hydrogen) atoms. The molecule has 0 fully saturated rings. The molecule has 0 radical (unpaired) electrons. The van der Waals surface area contributed by atoms with Gasteiger partial charge in [0.2, 0.25) is 0 Å². The normalized spacial score (nSPS) is 11.4. The summed E-state index contributed by atoms with van der Waals surface area (Å²) in [6, 6.07) is 11.5. The second kappa shape index (κ2) is 8.77. The Bertz CT molecular complexity index is 1300. The number of aromatic amines is 1. The van der Waals surface area contributed by atoms with E-state index in [0.717, 1.165) is 24.3 Å². The number of urea groups is 1. The van der Waals surface area contributed by atoms with Crippen LogP contribution in [0.2, 0.25) is 0 Å². The molecule has 6 nitrogen and oxygen atoms in total. The molecule has 4 aromatic rings. The molecule has 0 saturated carbocycles. The average Bonchev–Trinajstić information content (AvgIpc) is 3.15. The van der Waals surface area contributed by atoms with Crippen LogP contribution in [0.15, 0.2) is 60.7 Å². The zero-order chi connectivity index (χ0) is 23.6. The highest BCUT2D eigenvalue weighted by Gasteiger charge is 2.30. The highest BCUT2D eigenvalue weighted by molar-refractivity contribution is 6.04. The van der Waals surface area contributed by atoms with Gasteiger partial charge in [-0.15, -0.1) is 0 Å². The van der Waals surface area contributed by atoms with Crippen LogP contribution in [0, 0.1) is 11.6 Å². The van der Waals surface area contributed by atoms with E-state index in [1.165, 1.54) is 24.3 Å². The molecule has 11 heteroatoms. The third-order valence-corrected chi connectivity index (χ3v) is 4.66. The lowest BCUT2D eigenvalue weighted by Crippen LogP contribution is -2.20. The van der Waals surface area contributed by atoms with E-state index in [-0.39, 0.29) is 29.4 Å². The van der Waals surface area contributed by atoms with Gasteiger partial charge in [-0.2, -0.15) is 18.3 Å². The molecule has 3 N–H and O–H groups in total. The van der Waals surface area contributed by atoms with E-state index in [1.807, 2.05) is 0 Å².